The molecular weight excluding hydrogens is 210 g/mol. The quantitative estimate of drug-likeness (QED) is 0.404. The van der Waals surface area contributed by atoms with E-state index in [-0.39, 0.29) is 5.70 Å². The SMILES string of the molecule is C=C(NC(C)=O)C(=O)O.C=CCOCC=C. The van der Waals surface area contributed by atoms with Gasteiger partial charge in [0.25, 0.3) is 0 Å². The van der Waals surface area contributed by atoms with Gasteiger partial charge >= 0.3 is 5.97 Å². The first-order valence-corrected chi connectivity index (χ1v) is 4.45. The van der Waals surface area contributed by atoms with Crippen molar-refractivity contribution < 1.29 is 19.4 Å². The number of hydrogen-bond acceptors (Lipinski definition) is 3. The Morgan fingerprint density at radius 2 is 1.75 bits per heavy atom. The monoisotopic (exact) mass is 227 g/mol. The maximum atomic E-state index is 10.1. The van der Waals surface area contributed by atoms with Crippen molar-refractivity contribution >= 4 is 11.9 Å². The molecule has 2 N–H and O–H groups in total. The molecule has 0 aliphatic rings. The van der Waals surface area contributed by atoms with Gasteiger partial charge in [0.1, 0.15) is 5.70 Å². The predicted molar refractivity (Wildman–Crippen MR) is 61.8 cm³/mol. The second kappa shape index (κ2) is 11.2. The Kier molecular flexibility index (Phi) is 11.6. The topological polar surface area (TPSA) is 75.6 Å². The number of nitrogens with one attached hydrogen (secondary N) is 1. The molecule has 0 aromatic heterocycles. The number of carboxylic acids is 1. The lowest BCUT2D eigenvalue weighted by molar-refractivity contribution is -0.134. The third-order valence-corrected chi connectivity index (χ3v) is 1.06. The Labute approximate surface area is 95.1 Å². The number of carbonyl (C=O) groups excluding carboxylic acids is 1. The smallest absolute Gasteiger partial charge is 0.351 e. The third-order valence-electron chi connectivity index (χ3n) is 1.06. The summed E-state index contributed by atoms with van der Waals surface area (Å²) in [4.78, 5) is 20.0. The molecule has 16 heavy (non-hydrogen) atoms. The van der Waals surface area contributed by atoms with Crippen molar-refractivity contribution in [3.8, 4) is 0 Å². The summed E-state index contributed by atoms with van der Waals surface area (Å²) < 4.78 is 4.90. The maximum Gasteiger partial charge on any atom is 0.351 e. The van der Waals surface area contributed by atoms with Crippen LogP contribution < -0.4 is 5.32 Å². The number of rotatable bonds is 6. The minimum absolute atomic E-state index is 0.303. The molecule has 0 unspecified atom stereocenters. The van der Waals surface area contributed by atoms with Gasteiger partial charge in [-0.3, -0.25) is 4.79 Å². The Morgan fingerprint density at radius 1 is 1.31 bits per heavy atom. The number of hydrogen-bond donors (Lipinski definition) is 2. The molecule has 1 amide bonds. The van der Waals surface area contributed by atoms with E-state index in [1.807, 2.05) is 5.32 Å². The highest BCUT2D eigenvalue weighted by Crippen LogP contribution is 1.80. The van der Waals surface area contributed by atoms with Crippen LogP contribution in [0.3, 0.4) is 0 Å². The first-order valence-electron chi connectivity index (χ1n) is 4.45. The highest BCUT2D eigenvalue weighted by Gasteiger charge is 2.02. The summed E-state index contributed by atoms with van der Waals surface area (Å²) in [6.07, 6.45) is 3.42. The molecule has 0 atom stereocenters. The van der Waals surface area contributed by atoms with Crippen LogP contribution in [-0.4, -0.2) is 30.2 Å². The lowest BCUT2D eigenvalue weighted by Crippen LogP contribution is -2.23. The normalized spacial score (nSPS) is 8.06. The minimum Gasteiger partial charge on any atom is -0.477 e. The van der Waals surface area contributed by atoms with Crippen LogP contribution >= 0.6 is 0 Å². The summed E-state index contributed by atoms with van der Waals surface area (Å²) in [5.41, 5.74) is -0.303. The fourth-order valence-electron chi connectivity index (χ4n) is 0.501. The third kappa shape index (κ3) is 14.6. The summed E-state index contributed by atoms with van der Waals surface area (Å²) in [5.74, 6) is -1.65. The van der Waals surface area contributed by atoms with Gasteiger partial charge < -0.3 is 15.2 Å². The van der Waals surface area contributed by atoms with Gasteiger partial charge in [-0.15, -0.1) is 13.2 Å². The van der Waals surface area contributed by atoms with Crippen LogP contribution in [0.15, 0.2) is 37.6 Å². The Hall–Kier alpha value is -1.88. The molecule has 0 aliphatic heterocycles. The lowest BCUT2D eigenvalue weighted by Gasteiger charge is -1.96. The zero-order valence-electron chi connectivity index (χ0n) is 9.36. The second-order valence-corrected chi connectivity index (χ2v) is 2.58. The van der Waals surface area contributed by atoms with Gasteiger partial charge in [0, 0.05) is 6.92 Å². The first-order chi connectivity index (χ1) is 7.45. The van der Waals surface area contributed by atoms with Gasteiger partial charge in [-0.25, -0.2) is 4.79 Å². The first kappa shape index (κ1) is 16.5. The van der Waals surface area contributed by atoms with Crippen LogP contribution in [0, 0.1) is 0 Å². The molecule has 0 saturated carbocycles. The van der Waals surface area contributed by atoms with Crippen LogP contribution in [0.2, 0.25) is 0 Å². The fraction of sp³-hybridized carbons (Fsp3) is 0.273. The van der Waals surface area contributed by atoms with Crippen molar-refractivity contribution in [3.63, 3.8) is 0 Å². The number of aliphatic carboxylic acids is 1. The summed E-state index contributed by atoms with van der Waals surface area (Å²) in [7, 11) is 0. The van der Waals surface area contributed by atoms with E-state index in [1.165, 1.54) is 6.92 Å². The van der Waals surface area contributed by atoms with E-state index in [0.29, 0.717) is 13.2 Å². The summed E-state index contributed by atoms with van der Waals surface area (Å²) in [6, 6.07) is 0. The molecule has 0 saturated heterocycles. The molecule has 0 radical (unpaired) electrons. The van der Waals surface area contributed by atoms with Gasteiger partial charge in [0.15, 0.2) is 0 Å². The van der Waals surface area contributed by atoms with Gasteiger partial charge in [-0.05, 0) is 0 Å². The molecule has 90 valence electrons. The number of amides is 1. The van der Waals surface area contributed by atoms with Crippen molar-refractivity contribution in [1.29, 1.82) is 0 Å². The second-order valence-electron chi connectivity index (χ2n) is 2.58. The van der Waals surface area contributed by atoms with Crippen LogP contribution in [0.1, 0.15) is 6.92 Å². The number of ether oxygens (including phenoxy) is 1. The van der Waals surface area contributed by atoms with Crippen molar-refractivity contribution in [2.45, 2.75) is 6.92 Å². The number of carboxylic acid groups (broad SMARTS) is 1. The summed E-state index contributed by atoms with van der Waals surface area (Å²) in [6.45, 7) is 12.5. The van der Waals surface area contributed by atoms with Crippen molar-refractivity contribution in [3.05, 3.63) is 37.6 Å². The van der Waals surface area contributed by atoms with E-state index >= 15 is 0 Å². The van der Waals surface area contributed by atoms with E-state index < -0.39 is 11.9 Å². The zero-order chi connectivity index (χ0) is 13.0. The highest BCUT2D eigenvalue weighted by atomic mass is 16.5. The Morgan fingerprint density at radius 3 is 1.94 bits per heavy atom. The zero-order valence-corrected chi connectivity index (χ0v) is 9.36. The maximum absolute atomic E-state index is 10.1. The average molecular weight is 227 g/mol. The van der Waals surface area contributed by atoms with Crippen molar-refractivity contribution in [1.82, 2.24) is 5.32 Å². The molecule has 5 heteroatoms. The van der Waals surface area contributed by atoms with Gasteiger partial charge in [0.05, 0.1) is 13.2 Å². The van der Waals surface area contributed by atoms with E-state index in [1.54, 1.807) is 12.2 Å². The van der Waals surface area contributed by atoms with Crippen LogP contribution in [0.5, 0.6) is 0 Å². The van der Waals surface area contributed by atoms with Crippen LogP contribution in [0.25, 0.3) is 0 Å². The van der Waals surface area contributed by atoms with Crippen molar-refractivity contribution in [2.75, 3.05) is 13.2 Å². The van der Waals surface area contributed by atoms with E-state index in [9.17, 15) is 9.59 Å². The molecule has 5 nitrogen and oxygen atoms in total. The molecule has 0 bridgehead atoms. The lowest BCUT2D eigenvalue weighted by atomic mass is 10.5. The molecule has 0 heterocycles. The molecule has 0 aromatic rings. The average Bonchev–Trinajstić information content (AvgIpc) is 2.18. The molecule has 0 aromatic carbocycles. The summed E-state index contributed by atoms with van der Waals surface area (Å²) >= 11 is 0. The standard InChI is InChI=1S/C6H10O.C5H7NO3/c1-3-5-7-6-4-2;1-3(5(8)9)6-4(2)7/h3-4H,1-2,5-6H2;1H2,2H3,(H,6,7)(H,8,9). The molecule has 0 fully saturated rings. The Bertz CT molecular complexity index is 263. The van der Waals surface area contributed by atoms with Crippen LogP contribution in [0.4, 0.5) is 0 Å². The molecule has 0 rings (SSSR count). The Balaban J connectivity index is 0. The van der Waals surface area contributed by atoms with Gasteiger partial charge in [-0.2, -0.15) is 0 Å². The van der Waals surface area contributed by atoms with Crippen molar-refractivity contribution in [2.24, 2.45) is 0 Å². The van der Waals surface area contributed by atoms with E-state index in [4.69, 9.17) is 9.84 Å². The van der Waals surface area contributed by atoms with Crippen LogP contribution in [-0.2, 0) is 14.3 Å². The summed E-state index contributed by atoms with van der Waals surface area (Å²) in [5, 5.41) is 10.1. The largest absolute Gasteiger partial charge is 0.477 e. The fourth-order valence-corrected chi connectivity index (χ4v) is 0.501. The molecule has 0 aliphatic carbocycles. The predicted octanol–water partition coefficient (Wildman–Crippen LogP) is 1.10. The molecular formula is C11H17NO4. The highest BCUT2D eigenvalue weighted by molar-refractivity contribution is 5.91. The number of carbonyl (C=O) groups is 2. The minimum atomic E-state index is -1.22. The van der Waals surface area contributed by atoms with E-state index in [2.05, 4.69) is 19.7 Å². The molecule has 0 spiro atoms. The van der Waals surface area contributed by atoms with Gasteiger partial charge in [0.2, 0.25) is 5.91 Å². The van der Waals surface area contributed by atoms with E-state index in [0.717, 1.165) is 0 Å². The van der Waals surface area contributed by atoms with Gasteiger partial charge in [-0.1, -0.05) is 18.7 Å².